The van der Waals surface area contributed by atoms with E-state index in [0.717, 1.165) is 4.31 Å². The monoisotopic (exact) mass is 485 g/mol. The number of para-hydroxylation sites is 1. The van der Waals surface area contributed by atoms with Crippen LogP contribution in [0.1, 0.15) is 12.8 Å². The predicted molar refractivity (Wildman–Crippen MR) is 119 cm³/mol. The number of hydrogen-bond acceptors (Lipinski definition) is 5. The fourth-order valence-electron chi connectivity index (χ4n) is 3.34. The first-order valence-electron chi connectivity index (χ1n) is 9.61. The van der Waals surface area contributed by atoms with Gasteiger partial charge in [0, 0.05) is 38.1 Å². The first-order valence-corrected chi connectivity index (χ1v) is 12.9. The lowest BCUT2D eigenvalue weighted by Crippen LogP contribution is -2.41. The highest BCUT2D eigenvalue weighted by Gasteiger charge is 2.32. The Hall–Kier alpha value is -1.98. The zero-order chi connectivity index (χ0) is 22.8. The number of nitrogens with zero attached hydrogens (tertiary/aromatic N) is 2. The van der Waals surface area contributed by atoms with Crippen LogP contribution in [0.5, 0.6) is 0 Å². The Morgan fingerprint density at radius 2 is 1.58 bits per heavy atom. The molecule has 31 heavy (non-hydrogen) atoms. The molecule has 0 aliphatic carbocycles. The van der Waals surface area contributed by atoms with E-state index in [1.165, 1.54) is 54.8 Å². The van der Waals surface area contributed by atoms with Crippen LogP contribution in [0.4, 0.5) is 5.69 Å². The Morgan fingerprint density at radius 1 is 1.00 bits per heavy atom. The second-order valence-corrected chi connectivity index (χ2v) is 11.9. The summed E-state index contributed by atoms with van der Waals surface area (Å²) in [5.41, 5.74) is 0.206. The van der Waals surface area contributed by atoms with Crippen molar-refractivity contribution in [1.29, 1.82) is 0 Å². The number of benzene rings is 2. The summed E-state index contributed by atoms with van der Waals surface area (Å²) in [6, 6.07) is 12.2. The number of carbonyl (C=O) groups is 1. The SMILES string of the molecule is CN(C)S(=O)(=O)c1ccccc1NC(=O)C1CCN(S(=O)(=O)c2ccc(Cl)cc2)CC1. The van der Waals surface area contributed by atoms with Crippen molar-refractivity contribution in [3.63, 3.8) is 0 Å². The van der Waals surface area contributed by atoms with Gasteiger partial charge >= 0.3 is 0 Å². The summed E-state index contributed by atoms with van der Waals surface area (Å²) in [5.74, 6) is -0.753. The Kier molecular flexibility index (Phi) is 7.07. The summed E-state index contributed by atoms with van der Waals surface area (Å²) in [6.07, 6.45) is 0.669. The molecule has 0 unspecified atom stereocenters. The third kappa shape index (κ3) is 5.09. The molecular formula is C20H24ClN3O5S2. The number of piperidine rings is 1. The van der Waals surface area contributed by atoms with Gasteiger partial charge in [-0.25, -0.2) is 21.1 Å². The molecule has 0 spiro atoms. The van der Waals surface area contributed by atoms with E-state index in [-0.39, 0.29) is 34.5 Å². The maximum Gasteiger partial charge on any atom is 0.244 e. The van der Waals surface area contributed by atoms with Crippen LogP contribution in [0.2, 0.25) is 5.02 Å². The van der Waals surface area contributed by atoms with Gasteiger partial charge in [-0.3, -0.25) is 4.79 Å². The van der Waals surface area contributed by atoms with Crippen molar-refractivity contribution in [2.75, 3.05) is 32.5 Å². The van der Waals surface area contributed by atoms with E-state index >= 15 is 0 Å². The molecule has 0 atom stereocenters. The molecular weight excluding hydrogens is 462 g/mol. The van der Waals surface area contributed by atoms with Crippen molar-refractivity contribution in [3.8, 4) is 0 Å². The minimum atomic E-state index is -3.72. The number of sulfonamides is 2. The normalized spacial score (nSPS) is 16.4. The Bertz CT molecular complexity index is 1160. The number of nitrogens with one attached hydrogen (secondary N) is 1. The van der Waals surface area contributed by atoms with E-state index in [0.29, 0.717) is 17.9 Å². The molecule has 2 aromatic carbocycles. The molecule has 0 aromatic heterocycles. The Morgan fingerprint density at radius 3 is 2.16 bits per heavy atom. The van der Waals surface area contributed by atoms with E-state index in [2.05, 4.69) is 5.32 Å². The largest absolute Gasteiger partial charge is 0.325 e. The first-order chi connectivity index (χ1) is 14.5. The Labute approximate surface area is 187 Å². The van der Waals surface area contributed by atoms with E-state index < -0.39 is 26.0 Å². The van der Waals surface area contributed by atoms with E-state index in [1.54, 1.807) is 12.1 Å². The van der Waals surface area contributed by atoms with Gasteiger partial charge in [0.2, 0.25) is 26.0 Å². The Balaban J connectivity index is 1.69. The van der Waals surface area contributed by atoms with Gasteiger partial charge in [0.1, 0.15) is 4.90 Å². The number of rotatable bonds is 6. The number of carbonyl (C=O) groups excluding carboxylic acids is 1. The zero-order valence-electron chi connectivity index (χ0n) is 17.2. The van der Waals surface area contributed by atoms with Crippen molar-refractivity contribution in [3.05, 3.63) is 53.6 Å². The molecule has 1 saturated heterocycles. The maximum absolute atomic E-state index is 12.8. The molecule has 1 aliphatic heterocycles. The number of anilines is 1. The summed E-state index contributed by atoms with van der Waals surface area (Å²) in [5, 5.41) is 3.16. The summed E-state index contributed by atoms with van der Waals surface area (Å²) < 4.78 is 53.1. The van der Waals surface area contributed by atoms with Crippen LogP contribution in [0.25, 0.3) is 0 Å². The summed E-state index contributed by atoms with van der Waals surface area (Å²) >= 11 is 5.83. The highest BCUT2D eigenvalue weighted by atomic mass is 35.5. The molecule has 0 bridgehead atoms. The molecule has 0 radical (unpaired) electrons. The fourth-order valence-corrected chi connectivity index (χ4v) is 5.98. The molecule has 1 N–H and O–H groups in total. The van der Waals surface area contributed by atoms with Gasteiger partial charge in [0.05, 0.1) is 10.6 Å². The number of amides is 1. The minimum absolute atomic E-state index is 0.0103. The van der Waals surface area contributed by atoms with Gasteiger partial charge in [-0.2, -0.15) is 4.31 Å². The lowest BCUT2D eigenvalue weighted by molar-refractivity contribution is -0.120. The highest BCUT2D eigenvalue weighted by molar-refractivity contribution is 7.89. The van der Waals surface area contributed by atoms with Crippen molar-refractivity contribution in [2.45, 2.75) is 22.6 Å². The smallest absolute Gasteiger partial charge is 0.244 e. The predicted octanol–water partition coefficient (Wildman–Crippen LogP) is 2.63. The van der Waals surface area contributed by atoms with E-state index in [9.17, 15) is 21.6 Å². The fraction of sp³-hybridized carbons (Fsp3) is 0.350. The standard InChI is InChI=1S/C20H24ClN3O5S2/c1-23(2)31(28,29)19-6-4-3-5-18(19)22-20(25)15-11-13-24(14-12-15)30(26,27)17-9-7-16(21)8-10-17/h3-10,15H,11-14H2,1-2H3,(H,22,25). The van der Waals surface area contributed by atoms with Crippen LogP contribution in [0.15, 0.2) is 58.3 Å². The second kappa shape index (κ2) is 9.25. The van der Waals surface area contributed by atoms with Gasteiger partial charge in [-0.1, -0.05) is 23.7 Å². The molecule has 168 valence electrons. The molecule has 8 nitrogen and oxygen atoms in total. The molecule has 1 amide bonds. The van der Waals surface area contributed by atoms with Crippen LogP contribution in [-0.4, -0.2) is 58.5 Å². The maximum atomic E-state index is 12.8. The molecule has 0 saturated carbocycles. The van der Waals surface area contributed by atoms with Gasteiger partial charge in [0.15, 0.2) is 0 Å². The molecule has 1 heterocycles. The second-order valence-electron chi connectivity index (χ2n) is 7.41. The van der Waals surface area contributed by atoms with E-state index in [1.807, 2.05) is 0 Å². The molecule has 1 aliphatic rings. The van der Waals surface area contributed by atoms with Crippen LogP contribution in [0.3, 0.4) is 0 Å². The lowest BCUT2D eigenvalue weighted by Gasteiger charge is -2.30. The minimum Gasteiger partial charge on any atom is -0.325 e. The van der Waals surface area contributed by atoms with Crippen LogP contribution in [-0.2, 0) is 24.8 Å². The average Bonchev–Trinajstić information content (AvgIpc) is 2.74. The number of hydrogen-bond donors (Lipinski definition) is 1. The van der Waals surface area contributed by atoms with Gasteiger partial charge < -0.3 is 5.32 Å². The average molecular weight is 486 g/mol. The first kappa shape index (κ1) is 23.7. The third-order valence-electron chi connectivity index (χ3n) is 5.18. The molecule has 3 rings (SSSR count). The number of halogens is 1. The molecule has 2 aromatic rings. The van der Waals surface area contributed by atoms with Crippen LogP contribution < -0.4 is 5.32 Å². The van der Waals surface area contributed by atoms with Crippen molar-refractivity contribution in [2.24, 2.45) is 5.92 Å². The van der Waals surface area contributed by atoms with Crippen molar-refractivity contribution < 1.29 is 21.6 Å². The molecule has 1 fully saturated rings. The van der Waals surface area contributed by atoms with Crippen LogP contribution >= 0.6 is 11.6 Å². The summed E-state index contributed by atoms with van der Waals surface area (Å²) in [4.78, 5) is 12.9. The van der Waals surface area contributed by atoms with Crippen molar-refractivity contribution >= 4 is 43.2 Å². The quantitative estimate of drug-likeness (QED) is 0.677. The van der Waals surface area contributed by atoms with Gasteiger partial charge in [-0.05, 0) is 49.2 Å². The van der Waals surface area contributed by atoms with Crippen molar-refractivity contribution in [1.82, 2.24) is 8.61 Å². The highest BCUT2D eigenvalue weighted by Crippen LogP contribution is 2.28. The van der Waals surface area contributed by atoms with Gasteiger partial charge in [0.25, 0.3) is 0 Å². The summed E-state index contributed by atoms with van der Waals surface area (Å²) in [7, 11) is -4.55. The van der Waals surface area contributed by atoms with E-state index in [4.69, 9.17) is 11.6 Å². The topological polar surface area (TPSA) is 104 Å². The van der Waals surface area contributed by atoms with Gasteiger partial charge in [-0.15, -0.1) is 0 Å². The van der Waals surface area contributed by atoms with Crippen LogP contribution in [0, 0.1) is 5.92 Å². The zero-order valence-corrected chi connectivity index (χ0v) is 19.5. The summed E-state index contributed by atoms with van der Waals surface area (Å²) in [6.45, 7) is 0.390. The lowest BCUT2D eigenvalue weighted by atomic mass is 9.97. The third-order valence-corrected chi connectivity index (χ3v) is 9.22. The molecule has 11 heteroatoms.